The van der Waals surface area contributed by atoms with E-state index in [4.69, 9.17) is 9.47 Å². The summed E-state index contributed by atoms with van der Waals surface area (Å²) in [6.07, 6.45) is 5.65. The standard InChI is InChI=1S/C31H33FN2O2/c1-3-17-34(18-5-8-24-7-4-9-29(21-24)35-2)19-6-16-31(27-11-13-28(32)14-12-27)30-15-10-25(22-33)20-26(30)23-36-31/h3-4,7,9-15,20-21H,1,5-6,8,16-19,23H2,2H3. The van der Waals surface area contributed by atoms with Gasteiger partial charge in [-0.1, -0.05) is 36.4 Å². The monoisotopic (exact) mass is 484 g/mol. The quantitative estimate of drug-likeness (QED) is 0.280. The minimum absolute atomic E-state index is 0.264. The van der Waals surface area contributed by atoms with E-state index in [9.17, 15) is 9.65 Å². The number of nitrogens with zero attached hydrogens (tertiary/aromatic N) is 2. The van der Waals surface area contributed by atoms with E-state index in [1.807, 2.05) is 48.5 Å². The average Bonchev–Trinajstić information content (AvgIpc) is 3.28. The number of ether oxygens (including phenoxy) is 2. The van der Waals surface area contributed by atoms with Gasteiger partial charge in [-0.25, -0.2) is 4.39 Å². The topological polar surface area (TPSA) is 45.5 Å². The third-order valence-corrected chi connectivity index (χ3v) is 6.92. The molecule has 36 heavy (non-hydrogen) atoms. The summed E-state index contributed by atoms with van der Waals surface area (Å²) >= 11 is 0. The first-order chi connectivity index (χ1) is 17.6. The molecule has 3 aromatic carbocycles. The van der Waals surface area contributed by atoms with Crippen LogP contribution in [0.25, 0.3) is 0 Å². The van der Waals surface area contributed by atoms with Gasteiger partial charge in [0.05, 0.1) is 25.3 Å². The largest absolute Gasteiger partial charge is 0.497 e. The molecule has 1 heterocycles. The lowest BCUT2D eigenvalue weighted by atomic mass is 9.81. The van der Waals surface area contributed by atoms with Gasteiger partial charge in [0.15, 0.2) is 0 Å². The molecule has 0 aliphatic carbocycles. The Morgan fingerprint density at radius 2 is 1.92 bits per heavy atom. The third-order valence-electron chi connectivity index (χ3n) is 6.92. The maximum absolute atomic E-state index is 13.7. The molecule has 0 spiro atoms. The molecule has 0 bridgehead atoms. The summed E-state index contributed by atoms with van der Waals surface area (Å²) in [7, 11) is 1.69. The second-order valence-electron chi connectivity index (χ2n) is 9.25. The Hall–Kier alpha value is -3.46. The number of fused-ring (bicyclic) bond motifs is 1. The zero-order chi connectivity index (χ0) is 25.4. The van der Waals surface area contributed by atoms with Crippen LogP contribution in [0.2, 0.25) is 0 Å². The van der Waals surface area contributed by atoms with Crippen LogP contribution in [0.3, 0.4) is 0 Å². The highest BCUT2D eigenvalue weighted by atomic mass is 19.1. The average molecular weight is 485 g/mol. The van der Waals surface area contributed by atoms with Crippen molar-refractivity contribution in [2.24, 2.45) is 0 Å². The van der Waals surface area contributed by atoms with E-state index in [1.165, 1.54) is 17.7 Å². The molecule has 4 nitrogen and oxygen atoms in total. The van der Waals surface area contributed by atoms with Crippen LogP contribution >= 0.6 is 0 Å². The van der Waals surface area contributed by atoms with Gasteiger partial charge < -0.3 is 9.47 Å². The van der Waals surface area contributed by atoms with Gasteiger partial charge in [0.25, 0.3) is 0 Å². The molecule has 3 aromatic rings. The number of hydrogen-bond donors (Lipinski definition) is 0. The summed E-state index contributed by atoms with van der Waals surface area (Å²) < 4.78 is 25.5. The van der Waals surface area contributed by atoms with Gasteiger partial charge in [-0.3, -0.25) is 4.90 Å². The number of halogens is 1. The van der Waals surface area contributed by atoms with E-state index in [-0.39, 0.29) is 5.82 Å². The number of rotatable bonds is 12. The van der Waals surface area contributed by atoms with Crippen molar-refractivity contribution >= 4 is 0 Å². The Balaban J connectivity index is 1.44. The molecule has 1 aliphatic heterocycles. The van der Waals surface area contributed by atoms with Crippen molar-refractivity contribution in [3.63, 3.8) is 0 Å². The summed E-state index contributed by atoms with van der Waals surface area (Å²) in [5.74, 6) is 0.625. The van der Waals surface area contributed by atoms with Crippen LogP contribution in [-0.2, 0) is 23.4 Å². The summed E-state index contributed by atoms with van der Waals surface area (Å²) in [6.45, 7) is 7.09. The summed E-state index contributed by atoms with van der Waals surface area (Å²) in [4.78, 5) is 2.42. The molecule has 1 unspecified atom stereocenters. The maximum atomic E-state index is 13.7. The Bertz CT molecular complexity index is 1220. The fourth-order valence-electron chi connectivity index (χ4n) is 5.13. The molecule has 0 fully saturated rings. The predicted molar refractivity (Wildman–Crippen MR) is 140 cm³/mol. The Labute approximate surface area is 213 Å². The number of hydrogen-bond acceptors (Lipinski definition) is 4. The summed E-state index contributed by atoms with van der Waals surface area (Å²) in [5, 5.41) is 9.32. The third kappa shape index (κ3) is 5.84. The van der Waals surface area contributed by atoms with E-state index in [2.05, 4.69) is 29.7 Å². The molecule has 1 aliphatic rings. The minimum Gasteiger partial charge on any atom is -0.497 e. The van der Waals surface area contributed by atoms with Crippen LogP contribution in [0, 0.1) is 17.1 Å². The molecule has 0 N–H and O–H groups in total. The number of methoxy groups -OCH3 is 1. The van der Waals surface area contributed by atoms with Crippen molar-refractivity contribution in [3.8, 4) is 11.8 Å². The molecule has 5 heteroatoms. The van der Waals surface area contributed by atoms with Gasteiger partial charge in [-0.15, -0.1) is 6.58 Å². The van der Waals surface area contributed by atoms with Crippen LogP contribution in [0.1, 0.15) is 47.1 Å². The highest BCUT2D eigenvalue weighted by Gasteiger charge is 2.41. The van der Waals surface area contributed by atoms with Gasteiger partial charge in [0.1, 0.15) is 17.2 Å². The summed E-state index contributed by atoms with van der Waals surface area (Å²) in [5.41, 5.74) is 4.30. The lowest BCUT2D eigenvalue weighted by molar-refractivity contribution is -0.0144. The van der Waals surface area contributed by atoms with Crippen LogP contribution in [-0.4, -0.2) is 31.6 Å². The Morgan fingerprint density at radius 1 is 1.11 bits per heavy atom. The second-order valence-corrected chi connectivity index (χ2v) is 9.25. The number of nitriles is 1. The lowest BCUT2D eigenvalue weighted by Crippen LogP contribution is -2.31. The molecule has 0 aromatic heterocycles. The molecule has 0 radical (unpaired) electrons. The van der Waals surface area contributed by atoms with Crippen molar-refractivity contribution in [1.29, 1.82) is 5.26 Å². The van der Waals surface area contributed by atoms with Gasteiger partial charge in [0, 0.05) is 6.54 Å². The first-order valence-electron chi connectivity index (χ1n) is 12.5. The molecule has 1 atom stereocenters. The van der Waals surface area contributed by atoms with Crippen LogP contribution in [0.5, 0.6) is 5.75 Å². The molecular formula is C31H33FN2O2. The Morgan fingerprint density at radius 3 is 2.67 bits per heavy atom. The number of aryl methyl sites for hydroxylation is 1. The second kappa shape index (κ2) is 12.0. The maximum Gasteiger partial charge on any atom is 0.123 e. The van der Waals surface area contributed by atoms with Gasteiger partial charge >= 0.3 is 0 Å². The molecule has 0 saturated heterocycles. The lowest BCUT2D eigenvalue weighted by Gasteiger charge is -2.32. The Kier molecular flexibility index (Phi) is 8.53. The fraction of sp³-hybridized carbons (Fsp3) is 0.323. The van der Waals surface area contributed by atoms with Gasteiger partial charge in [0.2, 0.25) is 0 Å². The highest BCUT2D eigenvalue weighted by molar-refractivity contribution is 5.48. The van der Waals surface area contributed by atoms with Crippen LogP contribution < -0.4 is 4.74 Å². The van der Waals surface area contributed by atoms with E-state index >= 15 is 0 Å². The van der Waals surface area contributed by atoms with Crippen molar-refractivity contribution in [1.82, 2.24) is 4.90 Å². The fourth-order valence-corrected chi connectivity index (χ4v) is 5.13. The van der Waals surface area contributed by atoms with Gasteiger partial charge in [-0.2, -0.15) is 5.26 Å². The zero-order valence-corrected chi connectivity index (χ0v) is 20.9. The SMILES string of the molecule is C=CCN(CCCc1cccc(OC)c1)CCCC1(c2ccc(F)cc2)OCc2cc(C#N)ccc21. The van der Waals surface area contributed by atoms with E-state index in [1.54, 1.807) is 7.11 Å². The van der Waals surface area contributed by atoms with Crippen molar-refractivity contribution in [2.45, 2.75) is 37.9 Å². The highest BCUT2D eigenvalue weighted by Crippen LogP contribution is 2.45. The van der Waals surface area contributed by atoms with Crippen molar-refractivity contribution in [2.75, 3.05) is 26.7 Å². The zero-order valence-electron chi connectivity index (χ0n) is 20.9. The smallest absolute Gasteiger partial charge is 0.123 e. The molecule has 186 valence electrons. The van der Waals surface area contributed by atoms with E-state index < -0.39 is 5.60 Å². The minimum atomic E-state index is -0.641. The first kappa shape index (κ1) is 25.6. The molecular weight excluding hydrogens is 451 g/mol. The molecule has 0 saturated carbocycles. The van der Waals surface area contributed by atoms with Crippen LogP contribution in [0.15, 0.2) is 79.4 Å². The summed E-state index contributed by atoms with van der Waals surface area (Å²) in [6, 6.07) is 22.8. The van der Waals surface area contributed by atoms with Crippen LogP contribution in [0.4, 0.5) is 4.39 Å². The predicted octanol–water partition coefficient (Wildman–Crippen LogP) is 6.38. The molecule has 4 rings (SSSR count). The first-order valence-corrected chi connectivity index (χ1v) is 12.5. The molecule has 0 amide bonds. The van der Waals surface area contributed by atoms with E-state index in [0.29, 0.717) is 12.2 Å². The van der Waals surface area contributed by atoms with E-state index in [0.717, 1.165) is 67.8 Å². The number of benzene rings is 3. The van der Waals surface area contributed by atoms with Gasteiger partial charge in [-0.05, 0) is 97.4 Å². The van der Waals surface area contributed by atoms with Crippen molar-refractivity contribution in [3.05, 3.63) is 113 Å². The van der Waals surface area contributed by atoms with Crippen molar-refractivity contribution < 1.29 is 13.9 Å². The normalized spacial score (nSPS) is 16.5.